The lowest BCUT2D eigenvalue weighted by molar-refractivity contribution is -0.142. The molecule has 0 saturated carbocycles. The summed E-state index contributed by atoms with van der Waals surface area (Å²) in [5.41, 5.74) is 0. The Labute approximate surface area is 98.8 Å². The molecule has 4 nitrogen and oxygen atoms in total. The predicted octanol–water partition coefficient (Wildman–Crippen LogP) is 1.08. The standard InChI is InChI=1S/C11H14N2O2S/c1-15-11(14)9-6-8(7-13-9)16-10-4-2-3-5-12-10/h2-5,8-9,13H,6-7H2,1H3/t8-,9+/m1/s1. The minimum absolute atomic E-state index is 0.161. The molecule has 0 amide bonds. The van der Waals surface area contributed by atoms with Gasteiger partial charge in [0.1, 0.15) is 6.04 Å². The summed E-state index contributed by atoms with van der Waals surface area (Å²) in [6.07, 6.45) is 2.58. The number of nitrogens with zero attached hydrogens (tertiary/aromatic N) is 1. The van der Waals surface area contributed by atoms with Crippen molar-refractivity contribution in [2.75, 3.05) is 13.7 Å². The Morgan fingerprint density at radius 2 is 2.50 bits per heavy atom. The van der Waals surface area contributed by atoms with E-state index in [1.807, 2.05) is 18.2 Å². The maximum absolute atomic E-state index is 11.3. The van der Waals surface area contributed by atoms with Gasteiger partial charge in [-0.3, -0.25) is 4.79 Å². The number of pyridine rings is 1. The molecule has 86 valence electrons. The molecule has 0 unspecified atom stereocenters. The average molecular weight is 238 g/mol. The predicted molar refractivity (Wildman–Crippen MR) is 62.3 cm³/mol. The van der Waals surface area contributed by atoms with Crippen molar-refractivity contribution >= 4 is 17.7 Å². The highest BCUT2D eigenvalue weighted by Crippen LogP contribution is 2.27. The van der Waals surface area contributed by atoms with Crippen molar-refractivity contribution < 1.29 is 9.53 Å². The van der Waals surface area contributed by atoms with Crippen LogP contribution in [0.25, 0.3) is 0 Å². The van der Waals surface area contributed by atoms with Crippen LogP contribution in [0, 0.1) is 0 Å². The van der Waals surface area contributed by atoms with Crippen molar-refractivity contribution in [1.82, 2.24) is 10.3 Å². The smallest absolute Gasteiger partial charge is 0.322 e. The SMILES string of the molecule is COC(=O)[C@@H]1C[C@@H](Sc2ccccn2)CN1. The van der Waals surface area contributed by atoms with E-state index in [4.69, 9.17) is 4.74 Å². The zero-order valence-corrected chi connectivity index (χ0v) is 9.87. The van der Waals surface area contributed by atoms with Crippen LogP contribution in [0.1, 0.15) is 6.42 Å². The van der Waals surface area contributed by atoms with Gasteiger partial charge in [0, 0.05) is 18.0 Å². The van der Waals surface area contributed by atoms with E-state index in [0.29, 0.717) is 5.25 Å². The zero-order valence-electron chi connectivity index (χ0n) is 9.05. The van der Waals surface area contributed by atoms with Crippen LogP contribution in [-0.4, -0.2) is 35.9 Å². The van der Waals surface area contributed by atoms with Crippen molar-refractivity contribution in [2.24, 2.45) is 0 Å². The zero-order chi connectivity index (χ0) is 11.4. The summed E-state index contributed by atoms with van der Waals surface area (Å²) < 4.78 is 4.71. The highest BCUT2D eigenvalue weighted by molar-refractivity contribution is 7.99. The average Bonchev–Trinajstić information content (AvgIpc) is 2.78. The van der Waals surface area contributed by atoms with Crippen molar-refractivity contribution in [3.63, 3.8) is 0 Å². The number of hydrogen-bond acceptors (Lipinski definition) is 5. The van der Waals surface area contributed by atoms with E-state index in [-0.39, 0.29) is 12.0 Å². The molecule has 2 atom stereocenters. The van der Waals surface area contributed by atoms with Gasteiger partial charge in [-0.15, -0.1) is 11.8 Å². The highest BCUT2D eigenvalue weighted by atomic mass is 32.2. The van der Waals surface area contributed by atoms with E-state index in [9.17, 15) is 4.79 Å². The summed E-state index contributed by atoms with van der Waals surface area (Å²) in [6, 6.07) is 5.69. The number of nitrogens with one attached hydrogen (secondary N) is 1. The number of rotatable bonds is 3. The van der Waals surface area contributed by atoms with Crippen molar-refractivity contribution in [3.05, 3.63) is 24.4 Å². The lowest BCUT2D eigenvalue weighted by Gasteiger charge is -2.07. The van der Waals surface area contributed by atoms with E-state index in [2.05, 4.69) is 10.3 Å². The molecular weight excluding hydrogens is 224 g/mol. The monoisotopic (exact) mass is 238 g/mol. The highest BCUT2D eigenvalue weighted by Gasteiger charge is 2.30. The molecule has 1 N–H and O–H groups in total. The van der Waals surface area contributed by atoms with Gasteiger partial charge in [-0.05, 0) is 18.6 Å². The molecule has 2 rings (SSSR count). The van der Waals surface area contributed by atoms with Crippen LogP contribution in [0.3, 0.4) is 0 Å². The Morgan fingerprint density at radius 1 is 1.62 bits per heavy atom. The van der Waals surface area contributed by atoms with Crippen molar-refractivity contribution in [1.29, 1.82) is 0 Å². The fourth-order valence-corrected chi connectivity index (χ4v) is 2.79. The Hall–Kier alpha value is -1.07. The largest absolute Gasteiger partial charge is 0.468 e. The van der Waals surface area contributed by atoms with Crippen molar-refractivity contribution in [2.45, 2.75) is 22.7 Å². The van der Waals surface area contributed by atoms with Gasteiger partial charge in [0.2, 0.25) is 0 Å². The Bertz CT molecular complexity index is 358. The van der Waals surface area contributed by atoms with Crippen LogP contribution in [-0.2, 0) is 9.53 Å². The molecule has 0 aliphatic carbocycles. The molecule has 1 aromatic heterocycles. The molecule has 0 spiro atoms. The number of esters is 1. The second-order valence-electron chi connectivity index (χ2n) is 3.63. The molecular formula is C11H14N2O2S. The molecule has 0 radical (unpaired) electrons. The topological polar surface area (TPSA) is 51.2 Å². The summed E-state index contributed by atoms with van der Waals surface area (Å²) in [5.74, 6) is -0.177. The van der Waals surface area contributed by atoms with Gasteiger partial charge in [0.15, 0.2) is 0 Å². The Morgan fingerprint density at radius 3 is 3.19 bits per heavy atom. The number of aromatic nitrogens is 1. The van der Waals surface area contributed by atoms with Gasteiger partial charge in [0.05, 0.1) is 12.1 Å². The summed E-state index contributed by atoms with van der Waals surface area (Å²) >= 11 is 1.70. The fourth-order valence-electron chi connectivity index (χ4n) is 1.70. The van der Waals surface area contributed by atoms with E-state index in [1.54, 1.807) is 18.0 Å². The maximum Gasteiger partial charge on any atom is 0.322 e. The van der Waals surface area contributed by atoms with Crippen LogP contribution in [0.15, 0.2) is 29.4 Å². The van der Waals surface area contributed by atoms with Crippen molar-refractivity contribution in [3.8, 4) is 0 Å². The first-order chi connectivity index (χ1) is 7.79. The Balaban J connectivity index is 1.88. The quantitative estimate of drug-likeness (QED) is 0.798. The normalized spacial score (nSPS) is 24.3. The van der Waals surface area contributed by atoms with E-state index in [0.717, 1.165) is 18.0 Å². The van der Waals surface area contributed by atoms with Gasteiger partial charge >= 0.3 is 5.97 Å². The molecule has 5 heteroatoms. The molecule has 1 saturated heterocycles. The molecule has 2 heterocycles. The first kappa shape index (κ1) is 11.4. The number of carbonyl (C=O) groups is 1. The molecule has 1 aliphatic heterocycles. The van der Waals surface area contributed by atoms with Crippen LogP contribution in [0.5, 0.6) is 0 Å². The first-order valence-corrected chi connectivity index (χ1v) is 6.06. The van der Waals surface area contributed by atoms with Gasteiger partial charge in [-0.2, -0.15) is 0 Å². The second-order valence-corrected chi connectivity index (χ2v) is 4.95. The minimum Gasteiger partial charge on any atom is -0.468 e. The van der Waals surface area contributed by atoms with Gasteiger partial charge in [-0.1, -0.05) is 6.07 Å². The molecule has 0 aromatic carbocycles. The van der Waals surface area contributed by atoms with Gasteiger partial charge in [-0.25, -0.2) is 4.98 Å². The fraction of sp³-hybridized carbons (Fsp3) is 0.455. The van der Waals surface area contributed by atoms with E-state index in [1.165, 1.54) is 7.11 Å². The van der Waals surface area contributed by atoms with Gasteiger partial charge < -0.3 is 10.1 Å². The maximum atomic E-state index is 11.3. The molecule has 1 aromatic rings. The third-order valence-electron chi connectivity index (χ3n) is 2.50. The lowest BCUT2D eigenvalue weighted by atomic mass is 10.2. The summed E-state index contributed by atoms with van der Waals surface area (Å²) in [6.45, 7) is 0.820. The van der Waals surface area contributed by atoms with E-state index < -0.39 is 0 Å². The summed E-state index contributed by atoms with van der Waals surface area (Å²) in [7, 11) is 1.42. The molecule has 1 aliphatic rings. The molecule has 0 bridgehead atoms. The summed E-state index contributed by atoms with van der Waals surface area (Å²) in [4.78, 5) is 15.6. The Kier molecular flexibility index (Phi) is 3.79. The van der Waals surface area contributed by atoms with Crippen LogP contribution < -0.4 is 5.32 Å². The van der Waals surface area contributed by atoms with E-state index >= 15 is 0 Å². The number of carbonyl (C=O) groups excluding carboxylic acids is 1. The summed E-state index contributed by atoms with van der Waals surface area (Å²) in [5, 5.41) is 4.54. The molecule has 16 heavy (non-hydrogen) atoms. The number of methoxy groups -OCH3 is 1. The molecule has 1 fully saturated rings. The lowest BCUT2D eigenvalue weighted by Crippen LogP contribution is -2.31. The first-order valence-electron chi connectivity index (χ1n) is 5.18. The number of hydrogen-bond donors (Lipinski definition) is 1. The number of ether oxygens (including phenoxy) is 1. The second kappa shape index (κ2) is 5.32. The minimum atomic E-state index is -0.177. The third-order valence-corrected chi connectivity index (χ3v) is 3.68. The van der Waals surface area contributed by atoms with Crippen LogP contribution in [0.4, 0.5) is 0 Å². The third kappa shape index (κ3) is 2.74. The van der Waals surface area contributed by atoms with Gasteiger partial charge in [0.25, 0.3) is 0 Å². The van der Waals surface area contributed by atoms with Crippen LogP contribution in [0.2, 0.25) is 0 Å². The van der Waals surface area contributed by atoms with Crippen LogP contribution >= 0.6 is 11.8 Å². The number of thioether (sulfide) groups is 1.